The lowest BCUT2D eigenvalue weighted by molar-refractivity contribution is -0.122. The number of carbonyl (C=O) groups is 1. The summed E-state index contributed by atoms with van der Waals surface area (Å²) in [5, 5.41) is 0. The summed E-state index contributed by atoms with van der Waals surface area (Å²) >= 11 is 0. The molecule has 1 amide bonds. The summed E-state index contributed by atoms with van der Waals surface area (Å²) in [5.74, 6) is -0.985. The third-order valence-electron chi connectivity index (χ3n) is 5.55. The fourth-order valence-electron chi connectivity index (χ4n) is 4.17. The van der Waals surface area contributed by atoms with Crippen LogP contribution in [0, 0.1) is 17.0 Å². The molecule has 0 saturated heterocycles. The Bertz CT molecular complexity index is 1040. The molecule has 6 heteroatoms. The van der Waals surface area contributed by atoms with Crippen molar-refractivity contribution in [1.29, 1.82) is 0 Å². The van der Waals surface area contributed by atoms with Gasteiger partial charge in [0.25, 0.3) is 0 Å². The standard InChI is InChI=1S/C26H31F2N3O/c1-26(2,3)25(30(18-32)13-7-12-29)24-14-20(22-15-21(27)10-11-23(22)28)17-31(24)16-19-8-5-4-6-9-19/h4-6,8-11,14-15,17-18,25H,7,12-13,16,29H2,1-3H3. The number of hydrogen-bond acceptors (Lipinski definition) is 2. The van der Waals surface area contributed by atoms with Gasteiger partial charge in [0.2, 0.25) is 6.41 Å². The van der Waals surface area contributed by atoms with E-state index in [2.05, 4.69) is 20.8 Å². The van der Waals surface area contributed by atoms with E-state index in [0.717, 1.165) is 29.8 Å². The third-order valence-corrected chi connectivity index (χ3v) is 5.55. The van der Waals surface area contributed by atoms with E-state index < -0.39 is 11.6 Å². The summed E-state index contributed by atoms with van der Waals surface area (Å²) in [7, 11) is 0. The number of amides is 1. The van der Waals surface area contributed by atoms with Crippen LogP contribution >= 0.6 is 0 Å². The first-order valence-corrected chi connectivity index (χ1v) is 10.8. The molecule has 1 heterocycles. The second kappa shape index (κ2) is 10.1. The fraction of sp³-hybridized carbons (Fsp3) is 0.346. The molecule has 3 rings (SSSR count). The zero-order chi connectivity index (χ0) is 23.3. The molecule has 0 aliphatic carbocycles. The van der Waals surface area contributed by atoms with Crippen molar-refractivity contribution in [2.45, 2.75) is 39.8 Å². The minimum absolute atomic E-state index is 0.199. The molecule has 0 bridgehead atoms. The Hall–Kier alpha value is -2.99. The monoisotopic (exact) mass is 439 g/mol. The van der Waals surface area contributed by atoms with E-state index in [-0.39, 0.29) is 17.0 Å². The topological polar surface area (TPSA) is 51.3 Å². The smallest absolute Gasteiger partial charge is 0.210 e. The number of halogens is 2. The van der Waals surface area contributed by atoms with Crippen molar-refractivity contribution < 1.29 is 13.6 Å². The molecule has 3 aromatic rings. The number of aromatic nitrogens is 1. The highest BCUT2D eigenvalue weighted by atomic mass is 19.1. The van der Waals surface area contributed by atoms with Gasteiger partial charge >= 0.3 is 0 Å². The van der Waals surface area contributed by atoms with E-state index in [4.69, 9.17) is 5.73 Å². The van der Waals surface area contributed by atoms with Crippen LogP contribution in [0.2, 0.25) is 0 Å². The normalized spacial score (nSPS) is 12.6. The molecule has 1 atom stereocenters. The van der Waals surface area contributed by atoms with Crippen LogP contribution in [0.4, 0.5) is 8.78 Å². The van der Waals surface area contributed by atoms with Gasteiger partial charge in [-0.25, -0.2) is 8.78 Å². The second-order valence-electron chi connectivity index (χ2n) is 9.15. The van der Waals surface area contributed by atoms with Gasteiger partial charge < -0.3 is 15.2 Å². The maximum atomic E-state index is 14.6. The zero-order valence-electron chi connectivity index (χ0n) is 18.9. The summed E-state index contributed by atoms with van der Waals surface area (Å²) in [6.07, 6.45) is 3.37. The summed E-state index contributed by atoms with van der Waals surface area (Å²) in [6.45, 7) is 7.74. The summed E-state index contributed by atoms with van der Waals surface area (Å²) in [5.41, 5.74) is 8.10. The molecule has 170 valence electrons. The van der Waals surface area contributed by atoms with Crippen LogP contribution in [-0.2, 0) is 11.3 Å². The van der Waals surface area contributed by atoms with Crippen molar-refractivity contribution in [3.63, 3.8) is 0 Å². The lowest BCUT2D eigenvalue weighted by Crippen LogP contribution is -2.38. The SMILES string of the molecule is CC(C)(C)C(c1cc(-c2cc(F)ccc2F)cn1Cc1ccccc1)N(C=O)CCCN. The van der Waals surface area contributed by atoms with Gasteiger partial charge in [0.15, 0.2) is 0 Å². The van der Waals surface area contributed by atoms with Gasteiger partial charge in [-0.2, -0.15) is 0 Å². The average molecular weight is 440 g/mol. The maximum absolute atomic E-state index is 14.6. The Morgan fingerprint density at radius 2 is 1.81 bits per heavy atom. The molecule has 2 N–H and O–H groups in total. The van der Waals surface area contributed by atoms with Crippen molar-refractivity contribution in [2.75, 3.05) is 13.1 Å². The Morgan fingerprint density at radius 3 is 2.44 bits per heavy atom. The average Bonchev–Trinajstić information content (AvgIpc) is 3.15. The molecule has 0 aliphatic rings. The number of rotatable bonds is 9. The lowest BCUT2D eigenvalue weighted by Gasteiger charge is -2.39. The first-order chi connectivity index (χ1) is 15.2. The molecule has 0 radical (unpaired) electrons. The predicted octanol–water partition coefficient (Wildman–Crippen LogP) is 5.38. The van der Waals surface area contributed by atoms with E-state index in [1.807, 2.05) is 47.2 Å². The first-order valence-electron chi connectivity index (χ1n) is 10.8. The van der Waals surface area contributed by atoms with Crippen LogP contribution < -0.4 is 5.73 Å². The zero-order valence-corrected chi connectivity index (χ0v) is 18.9. The van der Waals surface area contributed by atoms with Crippen LogP contribution in [-0.4, -0.2) is 29.0 Å². The van der Waals surface area contributed by atoms with Gasteiger partial charge in [0, 0.05) is 36.1 Å². The molecule has 0 fully saturated rings. The number of nitrogens with zero attached hydrogens (tertiary/aromatic N) is 2. The lowest BCUT2D eigenvalue weighted by atomic mass is 9.83. The Balaban J connectivity index is 2.16. The minimum atomic E-state index is -0.497. The van der Waals surface area contributed by atoms with E-state index in [9.17, 15) is 13.6 Å². The van der Waals surface area contributed by atoms with E-state index in [0.29, 0.717) is 31.6 Å². The van der Waals surface area contributed by atoms with Crippen LogP contribution in [0.5, 0.6) is 0 Å². The number of benzene rings is 2. The Morgan fingerprint density at radius 1 is 1.09 bits per heavy atom. The molecule has 32 heavy (non-hydrogen) atoms. The molecule has 1 unspecified atom stereocenters. The maximum Gasteiger partial charge on any atom is 0.210 e. The summed E-state index contributed by atoms with van der Waals surface area (Å²) < 4.78 is 30.5. The van der Waals surface area contributed by atoms with Crippen LogP contribution in [0.25, 0.3) is 11.1 Å². The highest BCUT2D eigenvalue weighted by molar-refractivity contribution is 5.65. The molecule has 2 aromatic carbocycles. The van der Waals surface area contributed by atoms with Gasteiger partial charge in [-0.3, -0.25) is 4.79 Å². The number of hydrogen-bond donors (Lipinski definition) is 1. The molecular formula is C26H31F2N3O. The van der Waals surface area contributed by atoms with Crippen LogP contribution in [0.3, 0.4) is 0 Å². The van der Waals surface area contributed by atoms with Gasteiger partial charge in [0.1, 0.15) is 11.6 Å². The molecule has 4 nitrogen and oxygen atoms in total. The van der Waals surface area contributed by atoms with Gasteiger partial charge in [-0.05, 0) is 48.2 Å². The third kappa shape index (κ3) is 5.43. The van der Waals surface area contributed by atoms with E-state index in [1.54, 1.807) is 4.90 Å². The molecule has 1 aromatic heterocycles. The van der Waals surface area contributed by atoms with Crippen molar-refractivity contribution in [3.05, 3.63) is 83.7 Å². The van der Waals surface area contributed by atoms with Gasteiger partial charge in [0.05, 0.1) is 6.04 Å². The largest absolute Gasteiger partial charge is 0.344 e. The van der Waals surface area contributed by atoms with Crippen LogP contribution in [0.15, 0.2) is 60.8 Å². The predicted molar refractivity (Wildman–Crippen MR) is 124 cm³/mol. The summed E-state index contributed by atoms with van der Waals surface area (Å²) in [4.78, 5) is 13.8. The minimum Gasteiger partial charge on any atom is -0.344 e. The van der Waals surface area contributed by atoms with E-state index >= 15 is 0 Å². The molecular weight excluding hydrogens is 408 g/mol. The van der Waals surface area contributed by atoms with Crippen molar-refractivity contribution >= 4 is 6.41 Å². The van der Waals surface area contributed by atoms with Gasteiger partial charge in [-0.15, -0.1) is 0 Å². The van der Waals surface area contributed by atoms with Gasteiger partial charge in [-0.1, -0.05) is 51.1 Å². The molecule has 0 aliphatic heterocycles. The van der Waals surface area contributed by atoms with Crippen molar-refractivity contribution in [3.8, 4) is 11.1 Å². The first kappa shape index (κ1) is 23.7. The number of carbonyl (C=O) groups excluding carboxylic acids is 1. The quantitative estimate of drug-likeness (QED) is 0.455. The fourth-order valence-corrected chi connectivity index (χ4v) is 4.17. The summed E-state index contributed by atoms with van der Waals surface area (Å²) in [6, 6.07) is 15.0. The highest BCUT2D eigenvalue weighted by Crippen LogP contribution is 2.40. The van der Waals surface area contributed by atoms with Crippen LogP contribution in [0.1, 0.15) is 44.5 Å². The number of nitrogens with two attached hydrogens (primary N) is 1. The Kier molecular flexibility index (Phi) is 7.46. The molecule has 0 spiro atoms. The second-order valence-corrected chi connectivity index (χ2v) is 9.15. The van der Waals surface area contributed by atoms with Crippen molar-refractivity contribution in [1.82, 2.24) is 9.47 Å². The van der Waals surface area contributed by atoms with Crippen molar-refractivity contribution in [2.24, 2.45) is 11.1 Å². The molecule has 0 saturated carbocycles. The highest BCUT2D eigenvalue weighted by Gasteiger charge is 2.34. The Labute approximate surface area is 188 Å². The van der Waals surface area contributed by atoms with E-state index in [1.165, 1.54) is 6.07 Å².